The van der Waals surface area contributed by atoms with E-state index in [-0.39, 0.29) is 16.5 Å². The molecule has 1 rings (SSSR count). The van der Waals surface area contributed by atoms with Crippen LogP contribution in [0, 0.1) is 12.8 Å². The summed E-state index contributed by atoms with van der Waals surface area (Å²) in [6.45, 7) is 5.19. The molecule has 116 valence electrons. The summed E-state index contributed by atoms with van der Waals surface area (Å²) in [5, 5.41) is 12.0. The summed E-state index contributed by atoms with van der Waals surface area (Å²) in [6, 6.07) is -0.983. The molecule has 8 heteroatoms. The maximum absolute atomic E-state index is 12.3. The lowest BCUT2D eigenvalue weighted by molar-refractivity contribution is -0.140. The minimum atomic E-state index is -1.08. The molecule has 1 amide bonds. The highest BCUT2D eigenvalue weighted by Gasteiger charge is 2.27. The Bertz CT molecular complexity index is 600. The van der Waals surface area contributed by atoms with E-state index in [1.54, 1.807) is 20.1 Å². The number of thioether (sulfide) groups is 1. The molecule has 0 bridgehead atoms. The summed E-state index contributed by atoms with van der Waals surface area (Å²) >= 11 is 1.16. The number of carboxylic acids is 1. The molecule has 0 radical (unpaired) electrons. The first-order valence-electron chi connectivity index (χ1n) is 6.50. The van der Waals surface area contributed by atoms with Crippen molar-refractivity contribution >= 4 is 23.6 Å². The molecule has 0 saturated carbocycles. The van der Waals surface area contributed by atoms with E-state index in [9.17, 15) is 19.5 Å². The zero-order valence-corrected chi connectivity index (χ0v) is 13.2. The number of nitrogens with zero attached hydrogens (tertiary/aromatic N) is 1. The number of H-pyrrole nitrogens is 1. The Morgan fingerprint density at radius 3 is 2.57 bits per heavy atom. The third-order valence-electron chi connectivity index (χ3n) is 3.27. The Balaban J connectivity index is 3.14. The zero-order valence-electron chi connectivity index (χ0n) is 12.4. The van der Waals surface area contributed by atoms with Gasteiger partial charge in [-0.05, 0) is 19.1 Å². The van der Waals surface area contributed by atoms with Gasteiger partial charge in [-0.15, -0.1) is 11.8 Å². The molecule has 0 saturated heterocycles. The third kappa shape index (κ3) is 4.07. The number of aryl methyl sites for hydroxylation is 1. The van der Waals surface area contributed by atoms with Gasteiger partial charge in [0.15, 0.2) is 0 Å². The molecule has 0 spiro atoms. The molecule has 0 aromatic carbocycles. The first-order chi connectivity index (χ1) is 9.81. The number of carbonyl (C=O) groups is 2. The number of rotatable bonds is 6. The van der Waals surface area contributed by atoms with Crippen molar-refractivity contribution < 1.29 is 14.7 Å². The number of hydrogen-bond acceptors (Lipinski definition) is 5. The van der Waals surface area contributed by atoms with E-state index in [2.05, 4.69) is 15.3 Å². The average molecular weight is 313 g/mol. The number of aromatic amines is 1. The molecular formula is C13H19N3O4S. The van der Waals surface area contributed by atoms with E-state index >= 15 is 0 Å². The van der Waals surface area contributed by atoms with Gasteiger partial charge in [-0.2, -0.15) is 4.98 Å². The number of aromatic nitrogens is 2. The summed E-state index contributed by atoms with van der Waals surface area (Å²) in [4.78, 5) is 41.1. The highest BCUT2D eigenvalue weighted by molar-refractivity contribution is 7.98. The second-order valence-electron chi connectivity index (χ2n) is 4.73. The first kappa shape index (κ1) is 17.2. The highest BCUT2D eigenvalue weighted by atomic mass is 32.2. The monoisotopic (exact) mass is 313 g/mol. The molecule has 1 heterocycles. The summed E-state index contributed by atoms with van der Waals surface area (Å²) in [5.74, 6) is -1.84. The molecule has 1 aromatic heterocycles. The predicted molar refractivity (Wildman–Crippen MR) is 79.7 cm³/mol. The largest absolute Gasteiger partial charge is 0.480 e. The van der Waals surface area contributed by atoms with Crippen molar-refractivity contribution in [3.63, 3.8) is 0 Å². The quantitative estimate of drug-likeness (QED) is 0.534. The molecule has 0 aliphatic heterocycles. The smallest absolute Gasteiger partial charge is 0.346 e. The van der Waals surface area contributed by atoms with E-state index < -0.39 is 23.6 Å². The third-order valence-corrected chi connectivity index (χ3v) is 3.95. The second kappa shape index (κ2) is 7.26. The fraction of sp³-hybridized carbons (Fsp3) is 0.538. The fourth-order valence-corrected chi connectivity index (χ4v) is 2.50. The van der Waals surface area contributed by atoms with Crippen LogP contribution in [0.2, 0.25) is 0 Å². The minimum absolute atomic E-state index is 0.205. The van der Waals surface area contributed by atoms with Gasteiger partial charge >= 0.3 is 11.7 Å². The van der Waals surface area contributed by atoms with Crippen molar-refractivity contribution in [1.82, 2.24) is 15.3 Å². The lowest BCUT2D eigenvalue weighted by atomic mass is 9.99. The van der Waals surface area contributed by atoms with Gasteiger partial charge in [0, 0.05) is 5.69 Å². The van der Waals surface area contributed by atoms with E-state index in [0.29, 0.717) is 12.1 Å². The van der Waals surface area contributed by atoms with E-state index in [0.717, 1.165) is 11.8 Å². The normalized spacial score (nSPS) is 13.5. The van der Waals surface area contributed by atoms with Crippen LogP contribution in [-0.4, -0.2) is 39.2 Å². The Hall–Kier alpha value is -1.83. The van der Waals surface area contributed by atoms with Crippen LogP contribution in [-0.2, 0) is 4.79 Å². The summed E-state index contributed by atoms with van der Waals surface area (Å²) in [6.07, 6.45) is 2.32. The topological polar surface area (TPSA) is 112 Å². The lowest BCUT2D eigenvalue weighted by Gasteiger charge is -2.21. The van der Waals surface area contributed by atoms with Gasteiger partial charge in [0.25, 0.3) is 5.91 Å². The number of carbonyl (C=O) groups excluding carboxylic acids is 1. The van der Waals surface area contributed by atoms with Crippen LogP contribution >= 0.6 is 11.8 Å². The SMILES string of the molecule is CCC(C)C(NC(=O)c1c(SC)nc(=O)[nH]c1C)C(=O)O. The molecule has 0 aliphatic carbocycles. The van der Waals surface area contributed by atoms with E-state index in [1.807, 2.05) is 6.92 Å². The van der Waals surface area contributed by atoms with E-state index in [1.165, 1.54) is 0 Å². The Morgan fingerprint density at radius 2 is 2.10 bits per heavy atom. The van der Waals surface area contributed by atoms with Crippen LogP contribution in [0.5, 0.6) is 0 Å². The maximum atomic E-state index is 12.3. The second-order valence-corrected chi connectivity index (χ2v) is 5.52. The molecular weight excluding hydrogens is 294 g/mol. The van der Waals surface area contributed by atoms with Crippen LogP contribution in [0.4, 0.5) is 0 Å². The molecule has 2 atom stereocenters. The first-order valence-corrected chi connectivity index (χ1v) is 7.72. The van der Waals surface area contributed by atoms with Gasteiger partial charge in [-0.25, -0.2) is 9.59 Å². The van der Waals surface area contributed by atoms with Crippen molar-refractivity contribution in [2.75, 3.05) is 6.26 Å². The Morgan fingerprint density at radius 1 is 1.48 bits per heavy atom. The van der Waals surface area contributed by atoms with Crippen LogP contribution in [0.3, 0.4) is 0 Å². The molecule has 7 nitrogen and oxygen atoms in total. The number of carboxylic acid groups (broad SMARTS) is 1. The van der Waals surface area contributed by atoms with Crippen molar-refractivity contribution in [1.29, 1.82) is 0 Å². The molecule has 0 aliphatic rings. The van der Waals surface area contributed by atoms with Gasteiger partial charge in [-0.3, -0.25) is 4.79 Å². The fourth-order valence-electron chi connectivity index (χ4n) is 1.87. The number of aliphatic carboxylic acids is 1. The maximum Gasteiger partial charge on any atom is 0.346 e. The van der Waals surface area contributed by atoms with Gasteiger partial charge in [0.1, 0.15) is 11.1 Å². The molecule has 1 aromatic rings. The summed E-state index contributed by atoms with van der Waals surface area (Å²) in [7, 11) is 0. The van der Waals surface area contributed by atoms with Crippen LogP contribution in [0.1, 0.15) is 36.3 Å². The van der Waals surface area contributed by atoms with Crippen LogP contribution in [0.25, 0.3) is 0 Å². The lowest BCUT2D eigenvalue weighted by Crippen LogP contribution is -2.45. The number of amides is 1. The molecule has 3 N–H and O–H groups in total. The number of nitrogens with one attached hydrogen (secondary N) is 2. The van der Waals surface area contributed by atoms with Gasteiger partial charge in [-0.1, -0.05) is 20.3 Å². The van der Waals surface area contributed by atoms with Crippen molar-refractivity contribution in [2.24, 2.45) is 5.92 Å². The standard InChI is InChI=1S/C13H19N3O4S/c1-5-6(2)9(12(18)19)15-10(17)8-7(3)14-13(20)16-11(8)21-4/h6,9H,5H2,1-4H3,(H,15,17)(H,18,19)(H,14,16,20). The van der Waals surface area contributed by atoms with E-state index in [4.69, 9.17) is 0 Å². The molecule has 2 unspecified atom stereocenters. The van der Waals surface area contributed by atoms with Crippen molar-refractivity contribution in [2.45, 2.75) is 38.3 Å². The van der Waals surface area contributed by atoms with Crippen LogP contribution in [0.15, 0.2) is 9.82 Å². The molecule has 21 heavy (non-hydrogen) atoms. The van der Waals surface area contributed by atoms with Gasteiger partial charge < -0.3 is 15.4 Å². The highest BCUT2D eigenvalue weighted by Crippen LogP contribution is 2.19. The summed E-state index contributed by atoms with van der Waals surface area (Å²) < 4.78 is 0. The van der Waals surface area contributed by atoms with Crippen LogP contribution < -0.4 is 11.0 Å². The molecule has 0 fully saturated rings. The summed E-state index contributed by atoms with van der Waals surface area (Å²) in [5.41, 5.74) is 0.0342. The minimum Gasteiger partial charge on any atom is -0.480 e. The zero-order chi connectivity index (χ0) is 16.2. The number of hydrogen-bond donors (Lipinski definition) is 3. The van der Waals surface area contributed by atoms with Gasteiger partial charge in [0.05, 0.1) is 5.56 Å². The Kier molecular flexibility index (Phi) is 5.95. The predicted octanol–water partition coefficient (Wildman–Crippen LogP) is 1.03. The van der Waals surface area contributed by atoms with Gasteiger partial charge in [0.2, 0.25) is 0 Å². The van der Waals surface area contributed by atoms with Crippen molar-refractivity contribution in [3.05, 3.63) is 21.7 Å². The van der Waals surface area contributed by atoms with Crippen molar-refractivity contribution in [3.8, 4) is 0 Å². The average Bonchev–Trinajstić information content (AvgIpc) is 2.42. The Labute approximate surface area is 126 Å².